The molecule has 1 unspecified atom stereocenters. The van der Waals surface area contributed by atoms with Crippen molar-refractivity contribution >= 4 is 33.8 Å². The van der Waals surface area contributed by atoms with Crippen molar-refractivity contribution in [2.45, 2.75) is 5.38 Å². The van der Waals surface area contributed by atoms with Crippen LogP contribution in [0.3, 0.4) is 0 Å². The molecule has 0 aliphatic carbocycles. The van der Waals surface area contributed by atoms with Gasteiger partial charge in [-0.1, -0.05) is 11.3 Å². The molecule has 0 aliphatic heterocycles. The fraction of sp³-hybridized carbons (Fsp3) is 0.444. The number of hydrogen-bond acceptors (Lipinski definition) is 5. The van der Waals surface area contributed by atoms with Crippen LogP contribution in [0.25, 0.3) is 0 Å². The van der Waals surface area contributed by atoms with Crippen LogP contribution in [0.15, 0.2) is 12.1 Å². The van der Waals surface area contributed by atoms with Crippen LogP contribution in [-0.2, 0) is 4.74 Å². The maximum Gasteiger partial charge on any atom is 0.324 e. The SMILES string of the molecule is COCC(Cl)CNC(=O)c1ccc([N+](=O)[O-])s1. The van der Waals surface area contributed by atoms with E-state index in [9.17, 15) is 14.9 Å². The van der Waals surface area contributed by atoms with Gasteiger partial charge in [0.2, 0.25) is 0 Å². The number of carbonyl (C=O) groups excluding carboxylic acids is 1. The summed E-state index contributed by atoms with van der Waals surface area (Å²) in [7, 11) is 1.51. The Balaban J connectivity index is 2.49. The number of hydrogen-bond donors (Lipinski definition) is 1. The first kappa shape index (κ1) is 13.9. The van der Waals surface area contributed by atoms with Crippen molar-refractivity contribution in [1.82, 2.24) is 5.32 Å². The molecular weight excluding hydrogens is 268 g/mol. The van der Waals surface area contributed by atoms with Crippen LogP contribution in [-0.4, -0.2) is 36.5 Å². The van der Waals surface area contributed by atoms with E-state index < -0.39 is 4.92 Å². The van der Waals surface area contributed by atoms with Gasteiger partial charge in [0.05, 0.1) is 21.8 Å². The monoisotopic (exact) mass is 278 g/mol. The molecule has 1 N–H and O–H groups in total. The maximum absolute atomic E-state index is 11.6. The number of amides is 1. The molecule has 0 radical (unpaired) electrons. The first-order chi connectivity index (χ1) is 8.04. The maximum atomic E-state index is 11.6. The molecule has 17 heavy (non-hydrogen) atoms. The molecular formula is C9H11ClN2O4S. The summed E-state index contributed by atoms with van der Waals surface area (Å²) in [5, 5.41) is 12.6. The van der Waals surface area contributed by atoms with Crippen LogP contribution in [0.5, 0.6) is 0 Å². The molecule has 8 heteroatoms. The second-order valence-corrected chi connectivity index (χ2v) is 4.84. The van der Waals surface area contributed by atoms with Crippen molar-refractivity contribution in [3.8, 4) is 0 Å². The Bertz CT molecular complexity index is 409. The minimum atomic E-state index is -0.531. The zero-order valence-electron chi connectivity index (χ0n) is 9.01. The molecule has 0 saturated carbocycles. The summed E-state index contributed by atoms with van der Waals surface area (Å²) in [6, 6.07) is 2.71. The zero-order valence-corrected chi connectivity index (χ0v) is 10.6. The molecule has 1 aromatic rings. The number of thiophene rings is 1. The number of nitrogens with zero attached hydrogens (tertiary/aromatic N) is 1. The molecule has 6 nitrogen and oxygen atoms in total. The Kier molecular flexibility index (Phi) is 5.33. The summed E-state index contributed by atoms with van der Waals surface area (Å²) in [6.07, 6.45) is 0. The van der Waals surface area contributed by atoms with Crippen LogP contribution in [0.2, 0.25) is 0 Å². The van der Waals surface area contributed by atoms with Crippen LogP contribution in [0.4, 0.5) is 5.00 Å². The third-order valence-electron chi connectivity index (χ3n) is 1.83. The summed E-state index contributed by atoms with van der Waals surface area (Å²) in [5.41, 5.74) is 0. The molecule has 1 aromatic heterocycles. The molecule has 0 aliphatic rings. The van der Waals surface area contributed by atoms with E-state index in [4.69, 9.17) is 16.3 Å². The topological polar surface area (TPSA) is 81.5 Å². The lowest BCUT2D eigenvalue weighted by atomic mass is 10.4. The van der Waals surface area contributed by atoms with Gasteiger partial charge in [-0.3, -0.25) is 14.9 Å². The van der Waals surface area contributed by atoms with Crippen molar-refractivity contribution in [2.75, 3.05) is 20.3 Å². The molecule has 0 bridgehead atoms. The van der Waals surface area contributed by atoms with Crippen molar-refractivity contribution < 1.29 is 14.5 Å². The summed E-state index contributed by atoms with van der Waals surface area (Å²) in [5.74, 6) is -0.371. The molecule has 0 aromatic carbocycles. The number of rotatable bonds is 6. The molecule has 1 atom stereocenters. The molecule has 0 fully saturated rings. The van der Waals surface area contributed by atoms with Crippen molar-refractivity contribution in [2.24, 2.45) is 0 Å². The van der Waals surface area contributed by atoms with Crippen LogP contribution in [0.1, 0.15) is 9.67 Å². The molecule has 0 saturated heterocycles. The third-order valence-corrected chi connectivity index (χ3v) is 3.14. The fourth-order valence-corrected chi connectivity index (χ4v) is 2.02. The molecule has 0 spiro atoms. The Morgan fingerprint density at radius 2 is 2.41 bits per heavy atom. The zero-order chi connectivity index (χ0) is 12.8. The van der Waals surface area contributed by atoms with Gasteiger partial charge in [-0.05, 0) is 6.07 Å². The number of nitro groups is 1. The number of halogens is 1. The Hall–Kier alpha value is -1.18. The van der Waals surface area contributed by atoms with Crippen LogP contribution in [0, 0.1) is 10.1 Å². The van der Waals surface area contributed by atoms with E-state index in [0.29, 0.717) is 6.61 Å². The lowest BCUT2D eigenvalue weighted by Gasteiger charge is -2.08. The predicted molar refractivity (Wildman–Crippen MR) is 64.8 cm³/mol. The predicted octanol–water partition coefficient (Wildman–Crippen LogP) is 1.64. The van der Waals surface area contributed by atoms with Gasteiger partial charge in [0, 0.05) is 19.7 Å². The standard InChI is InChI=1S/C9H11ClN2O4S/c1-16-5-6(10)4-11-9(13)7-2-3-8(17-7)12(14)15/h2-3,6H,4-5H2,1H3,(H,11,13). The average Bonchev–Trinajstić information content (AvgIpc) is 2.75. The first-order valence-corrected chi connectivity index (χ1v) is 5.95. The molecule has 1 amide bonds. The summed E-state index contributed by atoms with van der Waals surface area (Å²) < 4.78 is 4.81. The van der Waals surface area contributed by atoms with Gasteiger partial charge < -0.3 is 10.1 Å². The van der Waals surface area contributed by atoms with E-state index in [1.165, 1.54) is 19.2 Å². The van der Waals surface area contributed by atoms with E-state index in [-0.39, 0.29) is 27.7 Å². The number of alkyl halides is 1. The summed E-state index contributed by atoms with van der Waals surface area (Å²) in [6.45, 7) is 0.576. The normalized spacial score (nSPS) is 12.1. The van der Waals surface area contributed by atoms with Gasteiger partial charge in [-0.25, -0.2) is 0 Å². The largest absolute Gasteiger partial charge is 0.383 e. The minimum absolute atomic E-state index is 0.0607. The quantitative estimate of drug-likeness (QED) is 0.487. The van der Waals surface area contributed by atoms with Crippen LogP contribution < -0.4 is 5.32 Å². The van der Waals surface area contributed by atoms with Gasteiger partial charge in [-0.2, -0.15) is 0 Å². The Morgan fingerprint density at radius 1 is 1.71 bits per heavy atom. The lowest BCUT2D eigenvalue weighted by molar-refractivity contribution is -0.380. The van der Waals surface area contributed by atoms with Gasteiger partial charge in [-0.15, -0.1) is 11.6 Å². The van der Waals surface area contributed by atoms with Crippen molar-refractivity contribution in [3.05, 3.63) is 27.1 Å². The van der Waals surface area contributed by atoms with Crippen molar-refractivity contribution in [3.63, 3.8) is 0 Å². The number of methoxy groups -OCH3 is 1. The second kappa shape index (κ2) is 6.53. The average molecular weight is 279 g/mol. The molecule has 1 heterocycles. The number of carbonyl (C=O) groups is 1. The fourth-order valence-electron chi connectivity index (χ4n) is 1.08. The highest BCUT2D eigenvalue weighted by molar-refractivity contribution is 7.17. The molecule has 1 rings (SSSR count). The third kappa shape index (κ3) is 4.29. The smallest absolute Gasteiger partial charge is 0.324 e. The highest BCUT2D eigenvalue weighted by Crippen LogP contribution is 2.23. The van der Waals surface area contributed by atoms with Crippen molar-refractivity contribution in [1.29, 1.82) is 0 Å². The summed E-state index contributed by atoms with van der Waals surface area (Å²) in [4.78, 5) is 21.8. The van der Waals surface area contributed by atoms with Gasteiger partial charge >= 0.3 is 5.00 Å². The van der Waals surface area contributed by atoms with E-state index in [0.717, 1.165) is 11.3 Å². The minimum Gasteiger partial charge on any atom is -0.383 e. The van der Waals surface area contributed by atoms with Gasteiger partial charge in [0.1, 0.15) is 0 Å². The van der Waals surface area contributed by atoms with Gasteiger partial charge in [0.15, 0.2) is 0 Å². The van der Waals surface area contributed by atoms with Crippen LogP contribution >= 0.6 is 22.9 Å². The second-order valence-electron chi connectivity index (χ2n) is 3.16. The molecule has 94 valence electrons. The highest BCUT2D eigenvalue weighted by Gasteiger charge is 2.15. The van der Waals surface area contributed by atoms with E-state index in [2.05, 4.69) is 5.32 Å². The lowest BCUT2D eigenvalue weighted by Crippen LogP contribution is -2.31. The Morgan fingerprint density at radius 3 is 2.94 bits per heavy atom. The van der Waals surface area contributed by atoms with E-state index >= 15 is 0 Å². The first-order valence-electron chi connectivity index (χ1n) is 4.70. The van der Waals surface area contributed by atoms with E-state index in [1.807, 2.05) is 0 Å². The summed E-state index contributed by atoms with van der Waals surface area (Å²) >= 11 is 6.65. The Labute approximate surface area is 107 Å². The number of nitrogens with one attached hydrogen (secondary N) is 1. The van der Waals surface area contributed by atoms with Gasteiger partial charge in [0.25, 0.3) is 5.91 Å². The number of ether oxygens (including phenoxy) is 1. The van der Waals surface area contributed by atoms with E-state index in [1.54, 1.807) is 0 Å². The highest BCUT2D eigenvalue weighted by atomic mass is 35.5.